The summed E-state index contributed by atoms with van der Waals surface area (Å²) < 4.78 is 5.08. The highest BCUT2D eigenvalue weighted by Crippen LogP contribution is 2.36. The Bertz CT molecular complexity index is 264. The topological polar surface area (TPSA) is 29.5 Å². The fourth-order valence-corrected chi connectivity index (χ4v) is 4.35. The zero-order valence-corrected chi connectivity index (χ0v) is 11.0. The van der Waals surface area contributed by atoms with Crippen molar-refractivity contribution in [1.82, 2.24) is 0 Å². The summed E-state index contributed by atoms with van der Waals surface area (Å²) in [6, 6.07) is 8.09. The van der Waals surface area contributed by atoms with Crippen molar-refractivity contribution >= 4 is 31.4 Å². The molecule has 0 fully saturated rings. The standard InChI is InChI=1S/C10H14O2S3/c1-12-10-4-2-9(3-5-10)8-14-15-13-7-6-11/h2-5,11H,6-8H2,1H3. The molecule has 0 unspecified atom stereocenters. The summed E-state index contributed by atoms with van der Waals surface area (Å²) in [7, 11) is 6.87. The third-order valence-electron chi connectivity index (χ3n) is 1.66. The maximum absolute atomic E-state index is 8.58. The van der Waals surface area contributed by atoms with E-state index in [9.17, 15) is 0 Å². The molecule has 5 heteroatoms. The van der Waals surface area contributed by atoms with E-state index in [0.717, 1.165) is 17.3 Å². The maximum Gasteiger partial charge on any atom is 0.118 e. The molecule has 0 aromatic heterocycles. The normalized spacial score (nSPS) is 10.3. The van der Waals surface area contributed by atoms with E-state index in [-0.39, 0.29) is 6.61 Å². The second kappa shape index (κ2) is 8.21. The molecule has 0 aliphatic carbocycles. The molecular formula is C10H14O2S3. The number of hydrogen-bond acceptors (Lipinski definition) is 5. The molecule has 0 aliphatic heterocycles. The van der Waals surface area contributed by atoms with E-state index in [1.54, 1.807) is 38.5 Å². The number of benzene rings is 1. The molecular weight excluding hydrogens is 248 g/mol. The van der Waals surface area contributed by atoms with E-state index in [1.165, 1.54) is 5.56 Å². The molecule has 0 heterocycles. The number of aliphatic hydroxyl groups is 1. The van der Waals surface area contributed by atoms with Crippen molar-refractivity contribution in [2.45, 2.75) is 5.75 Å². The third kappa shape index (κ3) is 5.61. The van der Waals surface area contributed by atoms with Crippen LogP contribution >= 0.6 is 31.4 Å². The van der Waals surface area contributed by atoms with Gasteiger partial charge in [0.1, 0.15) is 5.75 Å². The molecule has 15 heavy (non-hydrogen) atoms. The van der Waals surface area contributed by atoms with Gasteiger partial charge >= 0.3 is 0 Å². The van der Waals surface area contributed by atoms with Gasteiger partial charge in [-0.3, -0.25) is 0 Å². The lowest BCUT2D eigenvalue weighted by molar-refractivity contribution is 0.323. The van der Waals surface area contributed by atoms with E-state index < -0.39 is 0 Å². The van der Waals surface area contributed by atoms with E-state index in [4.69, 9.17) is 9.84 Å². The smallest absolute Gasteiger partial charge is 0.118 e. The van der Waals surface area contributed by atoms with Gasteiger partial charge in [-0.25, -0.2) is 0 Å². The van der Waals surface area contributed by atoms with E-state index >= 15 is 0 Å². The Morgan fingerprint density at radius 3 is 2.53 bits per heavy atom. The quantitative estimate of drug-likeness (QED) is 0.602. The molecule has 0 aliphatic rings. The summed E-state index contributed by atoms with van der Waals surface area (Å²) in [5, 5.41) is 8.58. The molecule has 2 nitrogen and oxygen atoms in total. The van der Waals surface area contributed by atoms with Gasteiger partial charge in [-0.1, -0.05) is 33.7 Å². The molecule has 0 atom stereocenters. The predicted octanol–water partition coefficient (Wildman–Crippen LogP) is 3.22. The van der Waals surface area contributed by atoms with Gasteiger partial charge in [-0.05, 0) is 27.5 Å². The lowest BCUT2D eigenvalue weighted by Gasteiger charge is -2.02. The summed E-state index contributed by atoms with van der Waals surface area (Å²) in [6.07, 6.45) is 0. The van der Waals surface area contributed by atoms with Crippen LogP contribution in [0.15, 0.2) is 24.3 Å². The molecule has 0 saturated carbocycles. The van der Waals surface area contributed by atoms with Gasteiger partial charge in [-0.2, -0.15) is 0 Å². The van der Waals surface area contributed by atoms with E-state index in [2.05, 4.69) is 12.1 Å². The second-order valence-corrected chi connectivity index (χ2v) is 7.08. The SMILES string of the molecule is COc1ccc(CSSSCCO)cc1. The average Bonchev–Trinajstić information content (AvgIpc) is 2.30. The van der Waals surface area contributed by atoms with Crippen LogP contribution < -0.4 is 4.74 Å². The number of aliphatic hydroxyl groups excluding tert-OH is 1. The highest BCUT2D eigenvalue weighted by atomic mass is 33.5. The van der Waals surface area contributed by atoms with Crippen LogP contribution in [0.4, 0.5) is 0 Å². The Labute approximate surface area is 102 Å². The Morgan fingerprint density at radius 1 is 1.20 bits per heavy atom. The summed E-state index contributed by atoms with van der Waals surface area (Å²) in [6.45, 7) is 0.251. The molecule has 1 N–H and O–H groups in total. The van der Waals surface area contributed by atoms with Crippen LogP contribution in [0.1, 0.15) is 5.56 Å². The third-order valence-corrected chi connectivity index (χ3v) is 5.81. The van der Waals surface area contributed by atoms with Crippen LogP contribution in [0.2, 0.25) is 0 Å². The zero-order valence-electron chi connectivity index (χ0n) is 8.51. The molecule has 1 aromatic carbocycles. The van der Waals surface area contributed by atoms with Gasteiger partial charge < -0.3 is 9.84 Å². The second-order valence-electron chi connectivity index (χ2n) is 2.72. The van der Waals surface area contributed by atoms with Crippen LogP contribution in [0, 0.1) is 0 Å². The first-order valence-electron chi connectivity index (χ1n) is 4.51. The molecule has 0 radical (unpaired) electrons. The van der Waals surface area contributed by atoms with Crippen molar-refractivity contribution in [2.24, 2.45) is 0 Å². The molecule has 0 spiro atoms. The Balaban J connectivity index is 2.20. The highest BCUT2D eigenvalue weighted by Gasteiger charge is 1.96. The summed E-state index contributed by atoms with van der Waals surface area (Å²) in [5.41, 5.74) is 1.29. The van der Waals surface area contributed by atoms with E-state index in [0.29, 0.717) is 0 Å². The van der Waals surface area contributed by atoms with Crippen molar-refractivity contribution in [1.29, 1.82) is 0 Å². The van der Waals surface area contributed by atoms with Crippen molar-refractivity contribution in [2.75, 3.05) is 19.5 Å². The number of ether oxygens (including phenoxy) is 1. The Kier molecular flexibility index (Phi) is 7.17. The molecule has 0 bridgehead atoms. The minimum Gasteiger partial charge on any atom is -0.497 e. The lowest BCUT2D eigenvalue weighted by Crippen LogP contribution is -1.83. The van der Waals surface area contributed by atoms with Gasteiger partial charge in [0, 0.05) is 11.5 Å². The summed E-state index contributed by atoms with van der Waals surface area (Å²) in [5.74, 6) is 2.67. The predicted molar refractivity (Wildman–Crippen MR) is 71.4 cm³/mol. The minimum atomic E-state index is 0.251. The first kappa shape index (κ1) is 13.1. The molecule has 1 rings (SSSR count). The molecule has 1 aromatic rings. The van der Waals surface area contributed by atoms with Gasteiger partial charge in [0.05, 0.1) is 13.7 Å². The number of hydrogen-bond donors (Lipinski definition) is 1. The Hall–Kier alpha value is 0.0300. The largest absolute Gasteiger partial charge is 0.497 e. The summed E-state index contributed by atoms with van der Waals surface area (Å²) >= 11 is 0. The molecule has 0 saturated heterocycles. The Morgan fingerprint density at radius 2 is 1.93 bits per heavy atom. The van der Waals surface area contributed by atoms with Crippen LogP contribution in [-0.2, 0) is 5.75 Å². The van der Waals surface area contributed by atoms with Gasteiger partial charge in [-0.15, -0.1) is 0 Å². The van der Waals surface area contributed by atoms with Crippen molar-refractivity contribution < 1.29 is 9.84 Å². The monoisotopic (exact) mass is 262 g/mol. The molecule has 0 amide bonds. The van der Waals surface area contributed by atoms with Crippen molar-refractivity contribution in [3.05, 3.63) is 29.8 Å². The minimum absolute atomic E-state index is 0.251. The number of methoxy groups -OCH3 is 1. The van der Waals surface area contributed by atoms with Gasteiger partial charge in [0.2, 0.25) is 0 Å². The first-order chi connectivity index (χ1) is 7.36. The molecule has 84 valence electrons. The fraction of sp³-hybridized carbons (Fsp3) is 0.400. The summed E-state index contributed by atoms with van der Waals surface area (Å²) in [4.78, 5) is 0. The number of rotatable bonds is 7. The van der Waals surface area contributed by atoms with E-state index in [1.807, 2.05) is 12.1 Å². The van der Waals surface area contributed by atoms with Gasteiger partial charge in [0.15, 0.2) is 0 Å². The van der Waals surface area contributed by atoms with Crippen molar-refractivity contribution in [3.8, 4) is 5.75 Å². The van der Waals surface area contributed by atoms with Crippen LogP contribution in [0.5, 0.6) is 5.75 Å². The lowest BCUT2D eigenvalue weighted by atomic mass is 10.2. The highest BCUT2D eigenvalue weighted by molar-refractivity contribution is 9.09. The average molecular weight is 262 g/mol. The van der Waals surface area contributed by atoms with Crippen LogP contribution in [0.3, 0.4) is 0 Å². The maximum atomic E-state index is 8.58. The van der Waals surface area contributed by atoms with Crippen LogP contribution in [0.25, 0.3) is 0 Å². The van der Waals surface area contributed by atoms with Crippen LogP contribution in [-0.4, -0.2) is 24.6 Å². The zero-order chi connectivity index (χ0) is 10.9. The van der Waals surface area contributed by atoms with Gasteiger partial charge in [0.25, 0.3) is 0 Å². The van der Waals surface area contributed by atoms with Crippen molar-refractivity contribution in [3.63, 3.8) is 0 Å². The fourth-order valence-electron chi connectivity index (χ4n) is 0.919. The first-order valence-corrected chi connectivity index (χ1v) is 8.34.